The van der Waals surface area contributed by atoms with E-state index in [9.17, 15) is 4.79 Å². The van der Waals surface area contributed by atoms with Crippen molar-refractivity contribution in [2.75, 3.05) is 13.7 Å². The van der Waals surface area contributed by atoms with Crippen LogP contribution in [0.3, 0.4) is 0 Å². The summed E-state index contributed by atoms with van der Waals surface area (Å²) in [4.78, 5) is 15.3. The molecule has 0 saturated heterocycles. The van der Waals surface area contributed by atoms with E-state index < -0.39 is 0 Å². The minimum Gasteiger partial charge on any atom is -0.489 e. The number of esters is 1. The fraction of sp³-hybridized carbons (Fsp3) is 0.208. The molecule has 0 aliphatic carbocycles. The predicted octanol–water partition coefficient (Wildman–Crippen LogP) is 4.80. The zero-order chi connectivity index (χ0) is 20.0. The maximum atomic E-state index is 11.9. The van der Waals surface area contributed by atoms with Gasteiger partial charge in [0.05, 0.1) is 18.2 Å². The molecule has 1 aliphatic heterocycles. The number of carbonyl (C=O) groups excluding carboxylic acids is 1. The quantitative estimate of drug-likeness (QED) is 0.511. The van der Waals surface area contributed by atoms with Crippen LogP contribution in [0, 0.1) is 6.92 Å². The van der Waals surface area contributed by atoms with Gasteiger partial charge in [0.25, 0.3) is 0 Å². The molecule has 0 radical (unpaired) electrons. The van der Waals surface area contributed by atoms with E-state index in [2.05, 4.69) is 23.2 Å². The standard InChI is InChI=1S/C24H21NO4/c1-14-10-16(24(26)27-2)11-15-12-17(29-23(14)15)13-28-21-9-5-8-20-22(21)18-6-3-4-7-19(18)25-20/h3-11,17,25H,12-13H2,1-2H3. The molecule has 1 unspecified atom stereocenters. The monoisotopic (exact) mass is 387 g/mol. The normalized spacial score (nSPS) is 15.3. The van der Waals surface area contributed by atoms with Crippen molar-refractivity contribution in [1.82, 2.24) is 4.98 Å². The maximum Gasteiger partial charge on any atom is 0.337 e. The van der Waals surface area contributed by atoms with Crippen molar-refractivity contribution in [3.63, 3.8) is 0 Å². The van der Waals surface area contributed by atoms with Crippen molar-refractivity contribution in [2.24, 2.45) is 0 Å². The third kappa shape index (κ3) is 2.99. The smallest absolute Gasteiger partial charge is 0.337 e. The second-order valence-electron chi connectivity index (χ2n) is 7.38. The molecule has 2 heterocycles. The molecule has 1 aromatic heterocycles. The lowest BCUT2D eigenvalue weighted by molar-refractivity contribution is 0.0600. The first-order valence-corrected chi connectivity index (χ1v) is 9.65. The first-order chi connectivity index (χ1) is 14.1. The van der Waals surface area contributed by atoms with Crippen molar-refractivity contribution in [3.8, 4) is 11.5 Å². The zero-order valence-corrected chi connectivity index (χ0v) is 16.3. The van der Waals surface area contributed by atoms with Crippen LogP contribution in [0.4, 0.5) is 0 Å². The van der Waals surface area contributed by atoms with Gasteiger partial charge in [0.15, 0.2) is 0 Å². The van der Waals surface area contributed by atoms with E-state index in [0.717, 1.165) is 44.4 Å². The van der Waals surface area contributed by atoms with Crippen LogP contribution in [0.25, 0.3) is 21.8 Å². The first kappa shape index (κ1) is 17.6. The van der Waals surface area contributed by atoms with Crippen molar-refractivity contribution >= 4 is 27.8 Å². The molecule has 0 saturated carbocycles. The Balaban J connectivity index is 1.39. The number of para-hydroxylation sites is 1. The number of aryl methyl sites for hydroxylation is 1. The van der Waals surface area contributed by atoms with E-state index in [4.69, 9.17) is 14.2 Å². The Morgan fingerprint density at radius 2 is 1.97 bits per heavy atom. The summed E-state index contributed by atoms with van der Waals surface area (Å²) in [5, 5.41) is 2.23. The van der Waals surface area contributed by atoms with Gasteiger partial charge in [0, 0.05) is 22.7 Å². The summed E-state index contributed by atoms with van der Waals surface area (Å²) < 4.78 is 17.2. The number of ether oxygens (including phenoxy) is 3. The van der Waals surface area contributed by atoms with Crippen LogP contribution in [0.15, 0.2) is 54.6 Å². The molecule has 0 spiro atoms. The highest BCUT2D eigenvalue weighted by Crippen LogP contribution is 2.36. The number of aromatic amines is 1. The van der Waals surface area contributed by atoms with Gasteiger partial charge in [-0.25, -0.2) is 4.79 Å². The Labute approximate surface area is 168 Å². The third-order valence-corrected chi connectivity index (χ3v) is 5.42. The molecule has 1 atom stereocenters. The highest BCUT2D eigenvalue weighted by atomic mass is 16.5. The topological polar surface area (TPSA) is 60.5 Å². The first-order valence-electron chi connectivity index (χ1n) is 9.65. The molecule has 0 bridgehead atoms. The van der Waals surface area contributed by atoms with Gasteiger partial charge < -0.3 is 19.2 Å². The van der Waals surface area contributed by atoms with E-state index >= 15 is 0 Å². The average molecular weight is 387 g/mol. The lowest BCUT2D eigenvalue weighted by Crippen LogP contribution is -2.22. The molecule has 29 heavy (non-hydrogen) atoms. The second-order valence-corrected chi connectivity index (χ2v) is 7.38. The molecule has 5 nitrogen and oxygen atoms in total. The van der Waals surface area contributed by atoms with Crippen molar-refractivity contribution in [2.45, 2.75) is 19.4 Å². The molecular formula is C24H21NO4. The van der Waals surface area contributed by atoms with Gasteiger partial charge in [-0.1, -0.05) is 24.3 Å². The lowest BCUT2D eigenvalue weighted by Gasteiger charge is -2.14. The number of nitrogens with one attached hydrogen (secondary N) is 1. The maximum absolute atomic E-state index is 11.9. The Bertz CT molecular complexity index is 1240. The number of rotatable bonds is 4. The minimum atomic E-state index is -0.332. The molecule has 5 rings (SSSR count). The number of benzene rings is 3. The van der Waals surface area contributed by atoms with Gasteiger partial charge in [-0.2, -0.15) is 0 Å². The number of hydrogen-bond donors (Lipinski definition) is 1. The number of H-pyrrole nitrogens is 1. The molecule has 5 heteroatoms. The van der Waals surface area contributed by atoms with Crippen LogP contribution in [0.5, 0.6) is 11.5 Å². The van der Waals surface area contributed by atoms with Gasteiger partial charge in [0.2, 0.25) is 0 Å². The summed E-state index contributed by atoms with van der Waals surface area (Å²) in [5.41, 5.74) is 4.65. The Morgan fingerprint density at radius 3 is 2.83 bits per heavy atom. The number of methoxy groups -OCH3 is 1. The number of fused-ring (bicyclic) bond motifs is 4. The third-order valence-electron chi connectivity index (χ3n) is 5.42. The van der Waals surface area contributed by atoms with E-state index in [1.54, 1.807) is 6.07 Å². The fourth-order valence-electron chi connectivity index (χ4n) is 4.12. The number of hydrogen-bond acceptors (Lipinski definition) is 4. The van der Waals surface area contributed by atoms with Gasteiger partial charge in [-0.3, -0.25) is 0 Å². The van der Waals surface area contributed by atoms with Crippen LogP contribution in [-0.2, 0) is 11.2 Å². The highest BCUT2D eigenvalue weighted by molar-refractivity contribution is 6.10. The van der Waals surface area contributed by atoms with Crippen molar-refractivity contribution < 1.29 is 19.0 Å². The summed E-state index contributed by atoms with van der Waals surface area (Å²) in [5.74, 6) is 1.35. The van der Waals surface area contributed by atoms with Gasteiger partial charge >= 0.3 is 5.97 Å². The highest BCUT2D eigenvalue weighted by Gasteiger charge is 2.27. The van der Waals surface area contributed by atoms with E-state index in [-0.39, 0.29) is 12.1 Å². The van der Waals surface area contributed by atoms with Gasteiger partial charge in [-0.05, 0) is 48.4 Å². The summed E-state index contributed by atoms with van der Waals surface area (Å²) in [6.07, 6.45) is 0.599. The molecule has 0 amide bonds. The molecule has 4 aromatic rings. The Kier molecular flexibility index (Phi) is 4.16. The molecular weight excluding hydrogens is 366 g/mol. The Morgan fingerprint density at radius 1 is 1.14 bits per heavy atom. The number of aromatic nitrogens is 1. The lowest BCUT2D eigenvalue weighted by atomic mass is 10.0. The van der Waals surface area contributed by atoms with E-state index in [1.165, 1.54) is 7.11 Å². The largest absolute Gasteiger partial charge is 0.489 e. The average Bonchev–Trinajstić information content (AvgIpc) is 3.33. The molecule has 146 valence electrons. The van der Waals surface area contributed by atoms with Crippen LogP contribution in [0.1, 0.15) is 21.5 Å². The summed E-state index contributed by atoms with van der Waals surface area (Å²) >= 11 is 0. The minimum absolute atomic E-state index is 0.0999. The van der Waals surface area contributed by atoms with Crippen LogP contribution < -0.4 is 9.47 Å². The van der Waals surface area contributed by atoms with Crippen LogP contribution in [-0.4, -0.2) is 30.8 Å². The Hall–Kier alpha value is -3.47. The summed E-state index contributed by atoms with van der Waals surface area (Å²) in [7, 11) is 1.39. The summed E-state index contributed by atoms with van der Waals surface area (Å²) in [6, 6.07) is 17.9. The summed E-state index contributed by atoms with van der Waals surface area (Å²) in [6.45, 7) is 2.38. The van der Waals surface area contributed by atoms with Crippen LogP contribution in [0.2, 0.25) is 0 Å². The fourth-order valence-corrected chi connectivity index (χ4v) is 4.12. The predicted molar refractivity (Wildman–Crippen MR) is 112 cm³/mol. The second kappa shape index (κ2) is 6.85. The number of carbonyl (C=O) groups is 1. The zero-order valence-electron chi connectivity index (χ0n) is 16.3. The SMILES string of the molecule is COC(=O)c1cc(C)c2c(c1)CC(COc1cccc3[nH]c4ccccc4c13)O2. The van der Waals surface area contributed by atoms with Gasteiger partial charge in [-0.15, -0.1) is 0 Å². The molecule has 1 aliphatic rings. The van der Waals surface area contributed by atoms with E-state index in [0.29, 0.717) is 18.6 Å². The van der Waals surface area contributed by atoms with Crippen molar-refractivity contribution in [1.29, 1.82) is 0 Å². The van der Waals surface area contributed by atoms with Crippen molar-refractivity contribution in [3.05, 3.63) is 71.3 Å². The van der Waals surface area contributed by atoms with Gasteiger partial charge in [0.1, 0.15) is 24.2 Å². The molecule has 0 fully saturated rings. The molecule has 1 N–H and O–H groups in total. The molecule has 3 aromatic carbocycles. The van der Waals surface area contributed by atoms with Crippen LogP contribution >= 0.6 is 0 Å². The van der Waals surface area contributed by atoms with E-state index in [1.807, 2.05) is 37.3 Å².